The molecule has 2 amide bonds. The van der Waals surface area contributed by atoms with Gasteiger partial charge in [-0.2, -0.15) is 0 Å². The van der Waals surface area contributed by atoms with Crippen LogP contribution in [-0.4, -0.2) is 35.8 Å². The van der Waals surface area contributed by atoms with Gasteiger partial charge in [-0.1, -0.05) is 29.8 Å². The molecule has 0 spiro atoms. The first kappa shape index (κ1) is 16.5. The molecule has 120 valence electrons. The Balaban J connectivity index is 2.07. The first-order valence-corrected chi connectivity index (χ1v) is 7.82. The van der Waals surface area contributed by atoms with Crippen molar-refractivity contribution in [1.29, 1.82) is 0 Å². The van der Waals surface area contributed by atoms with Crippen LogP contribution in [0, 0.1) is 6.92 Å². The van der Waals surface area contributed by atoms with Crippen LogP contribution in [0.3, 0.4) is 0 Å². The number of carbonyl (C=O) groups excluding carboxylic acids is 2. The summed E-state index contributed by atoms with van der Waals surface area (Å²) in [6, 6.07) is 7.69. The molecule has 5 nitrogen and oxygen atoms in total. The number of benzene rings is 1. The van der Waals surface area contributed by atoms with Crippen LogP contribution < -0.4 is 11.1 Å². The number of nitrogens with zero attached hydrogens (tertiary/aromatic N) is 1. The maximum Gasteiger partial charge on any atom is 0.225 e. The van der Waals surface area contributed by atoms with Crippen molar-refractivity contribution in [3.8, 4) is 0 Å². The summed E-state index contributed by atoms with van der Waals surface area (Å²) < 4.78 is 0. The van der Waals surface area contributed by atoms with Crippen molar-refractivity contribution >= 4 is 11.8 Å². The topological polar surface area (TPSA) is 75.4 Å². The van der Waals surface area contributed by atoms with Gasteiger partial charge in [0.2, 0.25) is 11.8 Å². The van der Waals surface area contributed by atoms with Gasteiger partial charge in [0.25, 0.3) is 0 Å². The second-order valence-electron chi connectivity index (χ2n) is 6.11. The smallest absolute Gasteiger partial charge is 0.225 e. The highest BCUT2D eigenvalue weighted by molar-refractivity contribution is 5.79. The summed E-state index contributed by atoms with van der Waals surface area (Å²) in [4.78, 5) is 25.8. The van der Waals surface area contributed by atoms with Gasteiger partial charge in [-0.25, -0.2) is 0 Å². The molecule has 0 aromatic heterocycles. The quantitative estimate of drug-likeness (QED) is 0.885. The Kier molecular flexibility index (Phi) is 5.55. The Labute approximate surface area is 131 Å². The van der Waals surface area contributed by atoms with Gasteiger partial charge >= 0.3 is 0 Å². The van der Waals surface area contributed by atoms with Gasteiger partial charge in [-0.3, -0.25) is 9.59 Å². The van der Waals surface area contributed by atoms with Crippen molar-refractivity contribution in [2.45, 2.75) is 45.2 Å². The summed E-state index contributed by atoms with van der Waals surface area (Å²) in [6.45, 7) is 4.85. The Morgan fingerprint density at radius 2 is 2.05 bits per heavy atom. The summed E-state index contributed by atoms with van der Waals surface area (Å²) in [6.07, 6.45) is 2.19. The zero-order chi connectivity index (χ0) is 16.1. The van der Waals surface area contributed by atoms with Crippen LogP contribution in [0.2, 0.25) is 0 Å². The minimum absolute atomic E-state index is 0.0504. The molecule has 1 aromatic carbocycles. The van der Waals surface area contributed by atoms with Gasteiger partial charge in [0.1, 0.15) is 0 Å². The van der Waals surface area contributed by atoms with E-state index in [9.17, 15) is 9.59 Å². The molecule has 5 heteroatoms. The number of rotatable bonds is 4. The molecular weight excluding hydrogens is 278 g/mol. The van der Waals surface area contributed by atoms with E-state index in [1.165, 1.54) is 6.92 Å². The van der Waals surface area contributed by atoms with Crippen LogP contribution in [0.25, 0.3) is 0 Å². The lowest BCUT2D eigenvalue weighted by Crippen LogP contribution is -2.46. The van der Waals surface area contributed by atoms with Crippen molar-refractivity contribution in [2.75, 3.05) is 13.1 Å². The fourth-order valence-electron chi connectivity index (χ4n) is 2.84. The van der Waals surface area contributed by atoms with Crippen LogP contribution >= 0.6 is 0 Å². The van der Waals surface area contributed by atoms with Crippen LogP contribution in [0.15, 0.2) is 24.3 Å². The van der Waals surface area contributed by atoms with E-state index in [0.717, 1.165) is 30.5 Å². The maximum absolute atomic E-state index is 12.5. The molecule has 1 heterocycles. The van der Waals surface area contributed by atoms with Crippen molar-refractivity contribution in [1.82, 2.24) is 10.2 Å². The molecule has 0 radical (unpaired) electrons. The van der Waals surface area contributed by atoms with E-state index < -0.39 is 0 Å². The lowest BCUT2D eigenvalue weighted by atomic mass is 10.00. The van der Waals surface area contributed by atoms with E-state index in [-0.39, 0.29) is 30.3 Å². The molecule has 2 rings (SSSR count). The Hall–Kier alpha value is -1.88. The summed E-state index contributed by atoms with van der Waals surface area (Å²) in [5.74, 6) is -0.0804. The predicted molar refractivity (Wildman–Crippen MR) is 86.1 cm³/mol. The summed E-state index contributed by atoms with van der Waals surface area (Å²) in [5, 5.41) is 2.88. The minimum Gasteiger partial charge on any atom is -0.349 e. The summed E-state index contributed by atoms with van der Waals surface area (Å²) >= 11 is 0. The van der Waals surface area contributed by atoms with Gasteiger partial charge in [0.15, 0.2) is 0 Å². The third-order valence-corrected chi connectivity index (χ3v) is 4.05. The van der Waals surface area contributed by atoms with E-state index in [1.807, 2.05) is 36.1 Å². The zero-order valence-corrected chi connectivity index (χ0v) is 13.3. The van der Waals surface area contributed by atoms with Gasteiger partial charge in [-0.15, -0.1) is 0 Å². The Morgan fingerprint density at radius 3 is 2.64 bits per heavy atom. The molecule has 1 aliphatic rings. The van der Waals surface area contributed by atoms with Gasteiger partial charge in [0.05, 0.1) is 12.5 Å². The minimum atomic E-state index is -0.288. The highest BCUT2D eigenvalue weighted by atomic mass is 16.2. The Morgan fingerprint density at radius 1 is 1.36 bits per heavy atom. The van der Waals surface area contributed by atoms with E-state index in [0.29, 0.717) is 6.54 Å². The SMILES string of the molecule is CC(=O)NC(CC(=O)N1CCCC(N)C1)c1ccc(C)cc1. The highest BCUT2D eigenvalue weighted by Gasteiger charge is 2.24. The first-order chi connectivity index (χ1) is 10.5. The molecule has 1 saturated heterocycles. The van der Waals surface area contributed by atoms with Gasteiger partial charge in [-0.05, 0) is 25.3 Å². The fraction of sp³-hybridized carbons (Fsp3) is 0.529. The molecule has 1 aromatic rings. The highest BCUT2D eigenvalue weighted by Crippen LogP contribution is 2.20. The monoisotopic (exact) mass is 303 g/mol. The number of nitrogens with one attached hydrogen (secondary N) is 1. The van der Waals surface area contributed by atoms with Crippen LogP contribution in [-0.2, 0) is 9.59 Å². The van der Waals surface area contributed by atoms with Crippen molar-refractivity contribution in [2.24, 2.45) is 5.73 Å². The van der Waals surface area contributed by atoms with Crippen LogP contribution in [0.5, 0.6) is 0 Å². The average Bonchev–Trinajstić information content (AvgIpc) is 2.47. The second-order valence-corrected chi connectivity index (χ2v) is 6.11. The van der Waals surface area contributed by atoms with Gasteiger partial charge < -0.3 is 16.0 Å². The third-order valence-electron chi connectivity index (χ3n) is 4.05. The normalized spacial score (nSPS) is 19.6. The molecule has 2 atom stereocenters. The number of piperidine rings is 1. The predicted octanol–water partition coefficient (Wildman–Crippen LogP) is 1.51. The molecule has 0 aliphatic carbocycles. The summed E-state index contributed by atoms with van der Waals surface area (Å²) in [7, 11) is 0. The molecule has 1 aliphatic heterocycles. The lowest BCUT2D eigenvalue weighted by molar-refractivity contribution is -0.133. The van der Waals surface area contributed by atoms with E-state index in [4.69, 9.17) is 5.73 Å². The number of aryl methyl sites for hydroxylation is 1. The number of nitrogens with two attached hydrogens (primary N) is 1. The van der Waals surface area contributed by atoms with E-state index in [2.05, 4.69) is 5.32 Å². The van der Waals surface area contributed by atoms with E-state index in [1.54, 1.807) is 0 Å². The molecule has 22 heavy (non-hydrogen) atoms. The average molecular weight is 303 g/mol. The Bertz CT molecular complexity index is 527. The molecule has 0 saturated carbocycles. The van der Waals surface area contributed by atoms with Crippen molar-refractivity contribution in [3.63, 3.8) is 0 Å². The zero-order valence-electron chi connectivity index (χ0n) is 13.3. The van der Waals surface area contributed by atoms with Crippen LogP contribution in [0.4, 0.5) is 0 Å². The molecule has 0 bridgehead atoms. The van der Waals surface area contributed by atoms with Crippen LogP contribution in [0.1, 0.15) is 43.4 Å². The second kappa shape index (κ2) is 7.40. The standard InChI is InChI=1S/C17H25N3O2/c1-12-5-7-14(8-6-12)16(19-13(2)21)10-17(22)20-9-3-4-15(18)11-20/h5-8,15-16H,3-4,9-11,18H2,1-2H3,(H,19,21). The molecule has 2 unspecified atom stereocenters. The molecule has 1 fully saturated rings. The summed E-state index contributed by atoms with van der Waals surface area (Å²) in [5.41, 5.74) is 8.04. The molecular formula is C17H25N3O2. The van der Waals surface area contributed by atoms with E-state index >= 15 is 0 Å². The van der Waals surface area contributed by atoms with Gasteiger partial charge in [0, 0.05) is 26.1 Å². The number of amides is 2. The fourth-order valence-corrected chi connectivity index (χ4v) is 2.84. The number of likely N-dealkylation sites (tertiary alicyclic amines) is 1. The number of hydrogen-bond donors (Lipinski definition) is 2. The van der Waals surface area contributed by atoms with Crippen molar-refractivity contribution in [3.05, 3.63) is 35.4 Å². The number of carbonyl (C=O) groups is 2. The molecule has 3 N–H and O–H groups in total. The maximum atomic E-state index is 12.5. The number of hydrogen-bond acceptors (Lipinski definition) is 3. The largest absolute Gasteiger partial charge is 0.349 e. The third kappa shape index (κ3) is 4.56. The first-order valence-electron chi connectivity index (χ1n) is 7.82. The lowest BCUT2D eigenvalue weighted by Gasteiger charge is -2.32. The van der Waals surface area contributed by atoms with Crippen molar-refractivity contribution < 1.29 is 9.59 Å².